The molecule has 2 aliphatic heterocycles. The molecular weight excluding hydrogens is 434 g/mol. The van der Waals surface area contributed by atoms with Gasteiger partial charge in [-0.1, -0.05) is 52.8 Å². The standard InChI is InChI=1S/C20H19Cl2FN4OS/c21-16-6-3-5-15(18(16)23)19(28)26-10-8-25(9-11-26)13-14-4-1-2-7-27(14)20-24-12-17(22)29-20/h1-7,12,14H,8-11,13H2. The van der Waals surface area contributed by atoms with E-state index < -0.39 is 5.82 Å². The molecule has 0 saturated carbocycles. The quantitative estimate of drug-likeness (QED) is 0.692. The molecule has 1 aromatic heterocycles. The van der Waals surface area contributed by atoms with E-state index in [0.29, 0.717) is 30.5 Å². The summed E-state index contributed by atoms with van der Waals surface area (Å²) in [5.41, 5.74) is 0.0260. The van der Waals surface area contributed by atoms with Crippen LogP contribution >= 0.6 is 34.5 Å². The number of nitrogens with zero attached hydrogens (tertiary/aromatic N) is 4. The van der Waals surface area contributed by atoms with Gasteiger partial charge in [0.25, 0.3) is 5.91 Å². The molecule has 3 heterocycles. The average molecular weight is 453 g/mol. The lowest BCUT2D eigenvalue weighted by molar-refractivity contribution is 0.0630. The van der Waals surface area contributed by atoms with Gasteiger partial charge in [0.1, 0.15) is 4.34 Å². The maximum Gasteiger partial charge on any atom is 0.256 e. The molecule has 0 spiro atoms. The molecule has 152 valence electrons. The van der Waals surface area contributed by atoms with Gasteiger partial charge in [-0.05, 0) is 18.2 Å². The number of thiazole rings is 1. The van der Waals surface area contributed by atoms with Crippen LogP contribution in [0.3, 0.4) is 0 Å². The Hall–Kier alpha value is -1.93. The molecule has 0 bridgehead atoms. The van der Waals surface area contributed by atoms with Crippen molar-refractivity contribution in [2.24, 2.45) is 0 Å². The largest absolute Gasteiger partial charge is 0.336 e. The van der Waals surface area contributed by atoms with Gasteiger partial charge in [0, 0.05) is 38.9 Å². The minimum Gasteiger partial charge on any atom is -0.336 e. The third-order valence-corrected chi connectivity index (χ3v) is 6.44. The summed E-state index contributed by atoms with van der Waals surface area (Å²) in [5.74, 6) is -0.970. The molecule has 1 atom stereocenters. The smallest absolute Gasteiger partial charge is 0.256 e. The summed E-state index contributed by atoms with van der Waals surface area (Å²) < 4.78 is 14.8. The summed E-state index contributed by atoms with van der Waals surface area (Å²) in [6, 6.07) is 4.65. The highest BCUT2D eigenvalue weighted by atomic mass is 35.5. The van der Waals surface area contributed by atoms with E-state index in [4.69, 9.17) is 23.2 Å². The van der Waals surface area contributed by atoms with Crippen LogP contribution in [0.5, 0.6) is 0 Å². The van der Waals surface area contributed by atoms with Crippen molar-refractivity contribution >= 4 is 45.6 Å². The lowest BCUT2D eigenvalue weighted by atomic mass is 10.1. The van der Waals surface area contributed by atoms with Gasteiger partial charge < -0.3 is 9.80 Å². The normalized spacial score (nSPS) is 19.8. The Labute approximate surface area is 182 Å². The van der Waals surface area contributed by atoms with Crippen molar-refractivity contribution in [2.75, 3.05) is 37.6 Å². The lowest BCUT2D eigenvalue weighted by Crippen LogP contribution is -2.52. The molecule has 1 amide bonds. The van der Waals surface area contributed by atoms with Crippen LogP contribution < -0.4 is 4.90 Å². The Morgan fingerprint density at radius 3 is 2.72 bits per heavy atom. The van der Waals surface area contributed by atoms with Gasteiger partial charge in [-0.15, -0.1) is 0 Å². The van der Waals surface area contributed by atoms with Crippen molar-refractivity contribution in [1.82, 2.24) is 14.8 Å². The topological polar surface area (TPSA) is 39.7 Å². The van der Waals surface area contributed by atoms with Crippen LogP contribution in [-0.2, 0) is 0 Å². The third-order valence-electron chi connectivity index (χ3n) is 5.02. The molecule has 4 rings (SSSR count). The van der Waals surface area contributed by atoms with Crippen molar-refractivity contribution in [2.45, 2.75) is 6.04 Å². The van der Waals surface area contributed by atoms with Gasteiger partial charge >= 0.3 is 0 Å². The van der Waals surface area contributed by atoms with E-state index in [9.17, 15) is 9.18 Å². The van der Waals surface area contributed by atoms with E-state index in [2.05, 4.69) is 20.9 Å². The second-order valence-electron chi connectivity index (χ2n) is 6.84. The maximum atomic E-state index is 14.2. The van der Waals surface area contributed by atoms with E-state index in [1.165, 1.54) is 23.5 Å². The Morgan fingerprint density at radius 1 is 1.21 bits per heavy atom. The second kappa shape index (κ2) is 8.83. The van der Waals surface area contributed by atoms with Crippen LogP contribution in [0.4, 0.5) is 9.52 Å². The highest BCUT2D eigenvalue weighted by Gasteiger charge is 2.27. The van der Waals surface area contributed by atoms with Crippen LogP contribution in [0, 0.1) is 5.82 Å². The van der Waals surface area contributed by atoms with Crippen LogP contribution in [0.25, 0.3) is 0 Å². The number of allylic oxidation sites excluding steroid dienone is 2. The maximum absolute atomic E-state index is 14.2. The zero-order valence-corrected chi connectivity index (χ0v) is 17.8. The van der Waals surface area contributed by atoms with Gasteiger partial charge in [-0.3, -0.25) is 9.69 Å². The Morgan fingerprint density at radius 2 is 2.00 bits per heavy atom. The van der Waals surface area contributed by atoms with Crippen LogP contribution in [0.1, 0.15) is 10.4 Å². The Kier molecular flexibility index (Phi) is 6.20. The average Bonchev–Trinajstić information content (AvgIpc) is 3.17. The molecule has 2 aliphatic rings. The molecule has 1 aromatic carbocycles. The first-order valence-electron chi connectivity index (χ1n) is 9.23. The molecule has 1 saturated heterocycles. The molecule has 1 unspecified atom stereocenters. The highest BCUT2D eigenvalue weighted by Crippen LogP contribution is 2.29. The lowest BCUT2D eigenvalue weighted by Gasteiger charge is -2.38. The van der Waals surface area contributed by atoms with E-state index in [0.717, 1.165) is 11.7 Å². The van der Waals surface area contributed by atoms with Gasteiger partial charge in [0.2, 0.25) is 0 Å². The van der Waals surface area contributed by atoms with Gasteiger partial charge in [-0.2, -0.15) is 0 Å². The van der Waals surface area contributed by atoms with Crippen molar-refractivity contribution in [3.05, 3.63) is 69.6 Å². The molecule has 9 heteroatoms. The molecule has 0 N–H and O–H groups in total. The molecule has 0 aliphatic carbocycles. The fourth-order valence-corrected chi connectivity index (χ4v) is 4.61. The SMILES string of the molecule is O=C(c1cccc(Cl)c1F)N1CCN(CC2C=CC=CN2c2ncc(Cl)s2)CC1. The van der Waals surface area contributed by atoms with Crippen molar-refractivity contribution in [3.8, 4) is 0 Å². The first-order chi connectivity index (χ1) is 14.0. The molecule has 1 fully saturated rings. The zero-order valence-electron chi connectivity index (χ0n) is 15.5. The minimum absolute atomic E-state index is 0.0260. The predicted octanol–water partition coefficient (Wildman–Crippen LogP) is 4.31. The van der Waals surface area contributed by atoms with Crippen molar-refractivity contribution < 1.29 is 9.18 Å². The molecular formula is C20H19Cl2FN4OS. The number of hydrogen-bond acceptors (Lipinski definition) is 5. The second-order valence-corrected chi connectivity index (χ2v) is 8.89. The summed E-state index contributed by atoms with van der Waals surface area (Å²) in [7, 11) is 0. The van der Waals surface area contributed by atoms with Crippen LogP contribution in [0.2, 0.25) is 9.36 Å². The zero-order chi connectivity index (χ0) is 20.4. The number of aromatic nitrogens is 1. The number of hydrogen-bond donors (Lipinski definition) is 0. The van der Waals surface area contributed by atoms with Crippen molar-refractivity contribution in [1.29, 1.82) is 0 Å². The highest BCUT2D eigenvalue weighted by molar-refractivity contribution is 7.19. The molecule has 5 nitrogen and oxygen atoms in total. The van der Waals surface area contributed by atoms with Gasteiger partial charge in [0.05, 0.1) is 22.8 Å². The summed E-state index contributed by atoms with van der Waals surface area (Å²) in [6.45, 7) is 3.31. The van der Waals surface area contributed by atoms with Crippen molar-refractivity contribution in [3.63, 3.8) is 0 Å². The van der Waals surface area contributed by atoms with E-state index in [-0.39, 0.29) is 22.5 Å². The van der Waals surface area contributed by atoms with Gasteiger partial charge in [-0.25, -0.2) is 9.37 Å². The fourth-order valence-electron chi connectivity index (χ4n) is 3.50. The van der Waals surface area contributed by atoms with Crippen LogP contribution in [0.15, 0.2) is 48.8 Å². The number of benzene rings is 1. The predicted molar refractivity (Wildman–Crippen MR) is 115 cm³/mol. The molecule has 2 aromatic rings. The van der Waals surface area contributed by atoms with Crippen LogP contribution in [-0.4, -0.2) is 59.5 Å². The van der Waals surface area contributed by atoms with E-state index in [1.54, 1.807) is 17.2 Å². The summed E-state index contributed by atoms with van der Waals surface area (Å²) in [5, 5.41) is 0.819. The number of carbonyl (C=O) groups is 1. The third kappa shape index (κ3) is 4.48. The summed E-state index contributed by atoms with van der Waals surface area (Å²) in [6.07, 6.45) is 9.79. The first-order valence-corrected chi connectivity index (χ1v) is 10.8. The Bertz CT molecular complexity index is 956. The number of carbonyl (C=O) groups excluding carboxylic acids is 1. The number of piperazine rings is 1. The Balaban J connectivity index is 1.37. The number of amides is 1. The monoisotopic (exact) mass is 452 g/mol. The number of anilines is 1. The van der Waals surface area contributed by atoms with E-state index in [1.807, 2.05) is 18.4 Å². The number of rotatable bonds is 4. The summed E-state index contributed by atoms with van der Waals surface area (Å²) >= 11 is 13.3. The minimum atomic E-state index is -0.654. The first kappa shape index (κ1) is 20.3. The molecule has 0 radical (unpaired) electrons. The van der Waals surface area contributed by atoms with E-state index >= 15 is 0 Å². The molecule has 29 heavy (non-hydrogen) atoms. The number of halogens is 3. The van der Waals surface area contributed by atoms with Gasteiger partial charge in [0.15, 0.2) is 10.9 Å². The summed E-state index contributed by atoms with van der Waals surface area (Å²) in [4.78, 5) is 23.1. The fraction of sp³-hybridized carbons (Fsp3) is 0.300.